The van der Waals surface area contributed by atoms with E-state index in [-0.39, 0.29) is 17.1 Å². The molecule has 0 saturated carbocycles. The van der Waals surface area contributed by atoms with Crippen LogP contribution in [0.15, 0.2) is 0 Å². The van der Waals surface area contributed by atoms with Crippen molar-refractivity contribution in [1.29, 1.82) is 0 Å². The maximum absolute atomic E-state index is 4.39. The van der Waals surface area contributed by atoms with Crippen LogP contribution in [0.1, 0.15) is 13.8 Å². The summed E-state index contributed by atoms with van der Waals surface area (Å²) in [5, 5.41) is 0. The summed E-state index contributed by atoms with van der Waals surface area (Å²) in [7, 11) is 0. The van der Waals surface area contributed by atoms with Gasteiger partial charge in [0.15, 0.2) is 0 Å². The van der Waals surface area contributed by atoms with Crippen LogP contribution in [0.2, 0.25) is 0 Å². The molecule has 0 atom stereocenters. The molecule has 0 aromatic rings. The molecule has 0 amide bonds. The third kappa shape index (κ3) is 132. The van der Waals surface area contributed by atoms with E-state index in [1.807, 2.05) is 13.8 Å². The Balaban J connectivity index is -0.0000000400. The van der Waals surface area contributed by atoms with Crippen LogP contribution in [0.25, 0.3) is 0 Å². The third-order valence-electron chi connectivity index (χ3n) is 0. The Kier molecular flexibility index (Phi) is 60.5. The van der Waals surface area contributed by atoms with E-state index in [1.54, 1.807) is 0 Å². The molecule has 0 rings (SSSR count). The van der Waals surface area contributed by atoms with Crippen molar-refractivity contribution >= 4 is 25.3 Å². The molecule has 7 heavy (non-hydrogen) atoms. The van der Waals surface area contributed by atoms with Gasteiger partial charge in [-0.3, -0.25) is 0 Å². The average molecular weight is 178 g/mol. The van der Waals surface area contributed by atoms with Crippen molar-refractivity contribution in [3.63, 3.8) is 0 Å². The minimum absolute atomic E-state index is 0. The average Bonchev–Trinajstić information content (AvgIpc) is 1.39. The van der Waals surface area contributed by atoms with Crippen molar-refractivity contribution in [2.24, 2.45) is 0 Å². The standard InChI is InChI=1S/2C2H6S.Fe/c2*1-2-3;/h2*3H,2H2,1H3;/q;;+2/p-2. The molecule has 0 fully saturated rings. The Morgan fingerprint density at radius 3 is 1.00 bits per heavy atom. The van der Waals surface area contributed by atoms with E-state index in [4.69, 9.17) is 0 Å². The third-order valence-corrected chi connectivity index (χ3v) is 0. The molecular formula is C4H10FeS2. The zero-order valence-corrected chi connectivity index (χ0v) is 7.32. The van der Waals surface area contributed by atoms with Gasteiger partial charge in [-0.1, -0.05) is 13.8 Å². The zero-order valence-electron chi connectivity index (χ0n) is 4.58. The van der Waals surface area contributed by atoms with Gasteiger partial charge in [0.05, 0.1) is 0 Å². The van der Waals surface area contributed by atoms with Gasteiger partial charge in [0.1, 0.15) is 0 Å². The van der Waals surface area contributed by atoms with Crippen LogP contribution in [-0.4, -0.2) is 11.5 Å². The molecule has 0 aliphatic carbocycles. The van der Waals surface area contributed by atoms with E-state index < -0.39 is 0 Å². The van der Waals surface area contributed by atoms with E-state index in [1.165, 1.54) is 0 Å². The van der Waals surface area contributed by atoms with Crippen molar-refractivity contribution in [1.82, 2.24) is 0 Å². The van der Waals surface area contributed by atoms with Gasteiger partial charge < -0.3 is 25.3 Å². The quantitative estimate of drug-likeness (QED) is 0.402. The maximum Gasteiger partial charge on any atom is 2.00 e. The van der Waals surface area contributed by atoms with Crippen molar-refractivity contribution < 1.29 is 17.1 Å². The van der Waals surface area contributed by atoms with Crippen molar-refractivity contribution in [3.05, 3.63) is 0 Å². The zero-order chi connectivity index (χ0) is 5.41. The molecule has 0 radical (unpaired) electrons. The second-order valence-electron chi connectivity index (χ2n) is 0.577. The summed E-state index contributed by atoms with van der Waals surface area (Å²) in [6.07, 6.45) is 0. The first-order chi connectivity index (χ1) is 2.83. The summed E-state index contributed by atoms with van der Waals surface area (Å²) in [5.41, 5.74) is 0. The predicted octanol–water partition coefficient (Wildman–Crippen LogP) is 1.10. The van der Waals surface area contributed by atoms with Gasteiger partial charge in [-0.15, -0.1) is 0 Å². The topological polar surface area (TPSA) is 0 Å². The summed E-state index contributed by atoms with van der Waals surface area (Å²) in [6.45, 7) is 3.88. The second-order valence-corrected chi connectivity index (χ2v) is 1.73. The molecule has 0 aliphatic rings. The smallest absolute Gasteiger partial charge is 0.793 e. The molecule has 0 bridgehead atoms. The van der Waals surface area contributed by atoms with Gasteiger partial charge in [-0.2, -0.15) is 11.5 Å². The fourth-order valence-electron chi connectivity index (χ4n) is 0. The summed E-state index contributed by atoms with van der Waals surface area (Å²) >= 11 is 8.79. The summed E-state index contributed by atoms with van der Waals surface area (Å²) in [6, 6.07) is 0. The predicted molar refractivity (Wildman–Crippen MR) is 35.8 cm³/mol. The first-order valence-electron chi connectivity index (χ1n) is 1.99. The van der Waals surface area contributed by atoms with E-state index in [0.29, 0.717) is 0 Å². The van der Waals surface area contributed by atoms with Gasteiger partial charge in [0.25, 0.3) is 0 Å². The molecule has 0 aromatic heterocycles. The number of rotatable bonds is 0. The molecule has 0 N–H and O–H groups in total. The van der Waals surface area contributed by atoms with E-state index in [9.17, 15) is 0 Å². The molecule has 0 aromatic carbocycles. The number of hydrogen-bond acceptors (Lipinski definition) is 2. The van der Waals surface area contributed by atoms with Gasteiger partial charge in [-0.25, -0.2) is 0 Å². The Labute approximate surface area is 67.7 Å². The Bertz CT molecular complexity index is 11.7. The minimum atomic E-state index is 0. The SMILES string of the molecule is CC[S-].CC[S-].[Fe+2]. The largest absolute Gasteiger partial charge is 2.00 e. The van der Waals surface area contributed by atoms with Crippen LogP contribution in [0.4, 0.5) is 0 Å². The molecule has 0 heterocycles. The van der Waals surface area contributed by atoms with Gasteiger partial charge in [0.2, 0.25) is 0 Å². The molecule has 0 unspecified atom stereocenters. The molecule has 0 spiro atoms. The van der Waals surface area contributed by atoms with Crippen LogP contribution in [0.3, 0.4) is 0 Å². The van der Waals surface area contributed by atoms with E-state index in [0.717, 1.165) is 11.5 Å². The van der Waals surface area contributed by atoms with Gasteiger partial charge >= 0.3 is 17.1 Å². The van der Waals surface area contributed by atoms with Crippen LogP contribution < -0.4 is 0 Å². The van der Waals surface area contributed by atoms with Crippen molar-refractivity contribution in [2.75, 3.05) is 11.5 Å². The molecule has 0 saturated heterocycles. The summed E-state index contributed by atoms with van der Waals surface area (Å²) in [5.74, 6) is 1.67. The van der Waals surface area contributed by atoms with Gasteiger partial charge in [-0.05, 0) is 0 Å². The Hall–Kier alpha value is 1.22. The summed E-state index contributed by atoms with van der Waals surface area (Å²) < 4.78 is 0. The fourth-order valence-corrected chi connectivity index (χ4v) is 0. The second kappa shape index (κ2) is 26.9. The first-order valence-corrected chi connectivity index (χ1v) is 3.15. The minimum Gasteiger partial charge on any atom is -0.793 e. The van der Waals surface area contributed by atoms with Crippen molar-refractivity contribution in [2.45, 2.75) is 13.8 Å². The van der Waals surface area contributed by atoms with E-state index in [2.05, 4.69) is 25.3 Å². The monoisotopic (exact) mass is 178 g/mol. The maximum atomic E-state index is 4.39. The number of hydrogen-bond donors (Lipinski definition) is 0. The molecular weight excluding hydrogens is 168 g/mol. The van der Waals surface area contributed by atoms with E-state index >= 15 is 0 Å². The fraction of sp³-hybridized carbons (Fsp3) is 1.00. The van der Waals surface area contributed by atoms with Crippen LogP contribution in [-0.2, 0) is 42.3 Å². The normalized spacial score (nSPS) is 5.14. The molecule has 0 aliphatic heterocycles. The van der Waals surface area contributed by atoms with Crippen LogP contribution >= 0.6 is 0 Å². The van der Waals surface area contributed by atoms with Crippen LogP contribution in [0, 0.1) is 0 Å². The van der Waals surface area contributed by atoms with Crippen molar-refractivity contribution in [3.8, 4) is 0 Å². The molecule has 0 nitrogen and oxygen atoms in total. The Morgan fingerprint density at radius 1 is 1.00 bits per heavy atom. The first kappa shape index (κ1) is 15.7. The van der Waals surface area contributed by atoms with Crippen LogP contribution in [0.5, 0.6) is 0 Å². The Morgan fingerprint density at radius 2 is 1.00 bits per heavy atom. The molecule has 3 heteroatoms. The summed E-state index contributed by atoms with van der Waals surface area (Å²) in [4.78, 5) is 0. The molecule has 46 valence electrons. The van der Waals surface area contributed by atoms with Gasteiger partial charge in [0, 0.05) is 0 Å².